The van der Waals surface area contributed by atoms with E-state index in [1.807, 2.05) is 0 Å². The van der Waals surface area contributed by atoms with Crippen molar-refractivity contribution in [1.29, 1.82) is 0 Å². The molecular weight excluding hydrogens is 110 g/mol. The number of nitrogens with zero attached hydrogens (tertiary/aromatic N) is 1. The molecule has 0 aliphatic heterocycles. The van der Waals surface area contributed by atoms with Gasteiger partial charge in [-0.3, -0.25) is 0 Å². The first-order valence-corrected chi connectivity index (χ1v) is 2.46. The molecule has 0 amide bonds. The van der Waals surface area contributed by atoms with Gasteiger partial charge in [-0.15, -0.1) is 0 Å². The maximum Gasteiger partial charge on any atom is 0.166 e. The molecule has 0 radical (unpaired) electrons. The summed E-state index contributed by atoms with van der Waals surface area (Å²) >= 11 is 0. The van der Waals surface area contributed by atoms with Crippen molar-refractivity contribution in [2.45, 2.75) is 13.2 Å². The quantitative estimate of drug-likeness (QED) is 0.331. The monoisotopic (exact) mass is 121 g/mol. The fourth-order valence-corrected chi connectivity index (χ4v) is 0.318. The molecule has 0 aliphatic rings. The van der Waals surface area contributed by atoms with Crippen LogP contribution in [0.5, 0.6) is 0 Å². The van der Waals surface area contributed by atoms with Crippen molar-refractivity contribution in [3.63, 3.8) is 0 Å². The zero-order chi connectivity index (χ0) is 6.57. The van der Waals surface area contributed by atoms with Gasteiger partial charge in [0.1, 0.15) is 0 Å². The lowest BCUT2D eigenvalue weighted by Crippen LogP contribution is -2.28. The van der Waals surface area contributed by atoms with Crippen molar-refractivity contribution >= 4 is 0 Å². The van der Waals surface area contributed by atoms with E-state index in [0.717, 1.165) is 5.06 Å². The van der Waals surface area contributed by atoms with E-state index in [9.17, 15) is 0 Å². The highest BCUT2D eigenvalue weighted by molar-refractivity contribution is 4.39. The molecule has 0 rings (SSSR count). The maximum atomic E-state index is 8.54. The third kappa shape index (κ3) is 4.01. The van der Waals surface area contributed by atoms with Crippen LogP contribution in [0.4, 0.5) is 0 Å². The molecule has 0 aromatic heterocycles. The molecule has 0 atom stereocenters. The molecule has 0 aromatic rings. The van der Waals surface area contributed by atoms with Gasteiger partial charge in [0, 0.05) is 6.54 Å². The molecule has 4 nitrogen and oxygen atoms in total. The maximum absolute atomic E-state index is 8.54. The van der Waals surface area contributed by atoms with Gasteiger partial charge >= 0.3 is 0 Å². The van der Waals surface area contributed by atoms with Crippen LogP contribution >= 0.6 is 0 Å². The van der Waals surface area contributed by atoms with Gasteiger partial charge in [-0.2, -0.15) is 5.06 Å². The van der Waals surface area contributed by atoms with Crippen LogP contribution < -0.4 is 0 Å². The van der Waals surface area contributed by atoms with Gasteiger partial charge in [0.05, 0.1) is 6.54 Å². The van der Waals surface area contributed by atoms with Crippen LogP contribution in [0.15, 0.2) is 0 Å². The zero-order valence-corrected chi connectivity index (χ0v) is 4.78. The Kier molecular flexibility index (Phi) is 3.72. The lowest BCUT2D eigenvalue weighted by Gasteiger charge is -2.11. The highest BCUT2D eigenvalue weighted by atomic mass is 16.5. The summed E-state index contributed by atoms with van der Waals surface area (Å²) in [5.74, 6) is 0. The van der Waals surface area contributed by atoms with Crippen molar-refractivity contribution in [2.24, 2.45) is 0 Å². The van der Waals surface area contributed by atoms with E-state index in [0.29, 0.717) is 6.54 Å². The lowest BCUT2D eigenvalue weighted by atomic mass is 10.6. The largest absolute Gasteiger partial charge is 0.367 e. The molecule has 0 bridgehead atoms. The minimum absolute atomic E-state index is 0.115. The topological polar surface area (TPSA) is 63.9 Å². The predicted molar refractivity (Wildman–Crippen MR) is 27.3 cm³/mol. The molecule has 0 saturated carbocycles. The lowest BCUT2D eigenvalue weighted by molar-refractivity contribution is -0.155. The molecule has 0 saturated heterocycles. The third-order valence-electron chi connectivity index (χ3n) is 0.739. The first-order chi connectivity index (χ1) is 3.66. The fraction of sp³-hybridized carbons (Fsp3) is 1.00. The summed E-state index contributed by atoms with van der Waals surface area (Å²) in [7, 11) is 0. The molecule has 0 aromatic carbocycles. The molecule has 0 aliphatic carbocycles. The molecule has 4 heteroatoms. The number of rotatable bonds is 3. The summed E-state index contributed by atoms with van der Waals surface area (Å²) in [5.41, 5.74) is 0. The molecule has 8 heavy (non-hydrogen) atoms. The summed E-state index contributed by atoms with van der Waals surface area (Å²) in [6, 6.07) is 0. The molecule has 0 spiro atoms. The number of hydrogen-bond donors (Lipinski definition) is 3. The van der Waals surface area contributed by atoms with Crippen molar-refractivity contribution in [2.75, 3.05) is 13.1 Å². The van der Waals surface area contributed by atoms with Crippen LogP contribution in [0.1, 0.15) is 6.92 Å². The normalized spacial score (nSPS) is 11.2. The van der Waals surface area contributed by atoms with Gasteiger partial charge in [-0.05, 0) is 0 Å². The van der Waals surface area contributed by atoms with Crippen LogP contribution in [0, 0.1) is 0 Å². The van der Waals surface area contributed by atoms with Crippen molar-refractivity contribution in [3.05, 3.63) is 0 Å². The number of aliphatic hydroxyl groups excluding tert-OH is 1. The second-order valence-electron chi connectivity index (χ2n) is 1.49. The summed E-state index contributed by atoms with van der Waals surface area (Å²) in [6.07, 6.45) is -1.44. The SMILES string of the molecule is CCN(O)CC(O)O. The van der Waals surface area contributed by atoms with Gasteiger partial charge < -0.3 is 15.4 Å². The Bertz CT molecular complexity index is 57.2. The minimum Gasteiger partial charge on any atom is -0.367 e. The highest BCUT2D eigenvalue weighted by Gasteiger charge is 2.01. The second kappa shape index (κ2) is 3.80. The smallest absolute Gasteiger partial charge is 0.166 e. The van der Waals surface area contributed by atoms with E-state index in [4.69, 9.17) is 15.4 Å². The number of likely N-dealkylation sites (N-methyl/N-ethyl adjacent to an activating group) is 1. The standard InChI is InChI=1S/C4H11NO3/c1-2-5(8)3-4(6)7/h4,6-8H,2-3H2,1H3. The minimum atomic E-state index is -1.44. The predicted octanol–water partition coefficient (Wildman–Crippen LogP) is -0.992. The van der Waals surface area contributed by atoms with Crippen molar-refractivity contribution in [3.8, 4) is 0 Å². The van der Waals surface area contributed by atoms with E-state index in [1.54, 1.807) is 6.92 Å². The number of hydrogen-bond acceptors (Lipinski definition) is 4. The van der Waals surface area contributed by atoms with E-state index in [2.05, 4.69) is 0 Å². The van der Waals surface area contributed by atoms with E-state index < -0.39 is 6.29 Å². The van der Waals surface area contributed by atoms with E-state index in [1.165, 1.54) is 0 Å². The van der Waals surface area contributed by atoms with Crippen LogP contribution in [0.3, 0.4) is 0 Å². The first kappa shape index (κ1) is 7.84. The van der Waals surface area contributed by atoms with Crippen LogP contribution in [0.25, 0.3) is 0 Å². The number of hydroxylamine groups is 2. The van der Waals surface area contributed by atoms with Gasteiger partial charge in [0.15, 0.2) is 6.29 Å². The Morgan fingerprint density at radius 1 is 1.50 bits per heavy atom. The molecular formula is C4H11NO3. The van der Waals surface area contributed by atoms with Crippen molar-refractivity contribution < 1.29 is 15.4 Å². The van der Waals surface area contributed by atoms with Gasteiger partial charge in [-0.25, -0.2) is 0 Å². The summed E-state index contributed by atoms with van der Waals surface area (Å²) in [4.78, 5) is 0. The van der Waals surface area contributed by atoms with Gasteiger partial charge in [0.2, 0.25) is 0 Å². The molecule has 3 N–H and O–H groups in total. The van der Waals surface area contributed by atoms with Gasteiger partial charge in [-0.1, -0.05) is 6.92 Å². The first-order valence-electron chi connectivity index (χ1n) is 2.46. The van der Waals surface area contributed by atoms with Crippen LogP contribution in [-0.4, -0.2) is 39.9 Å². The van der Waals surface area contributed by atoms with E-state index in [-0.39, 0.29) is 6.54 Å². The highest BCUT2D eigenvalue weighted by Crippen LogP contribution is 1.81. The van der Waals surface area contributed by atoms with Crippen molar-refractivity contribution in [1.82, 2.24) is 5.06 Å². The average Bonchev–Trinajstić information content (AvgIpc) is 1.65. The Labute approximate surface area is 47.9 Å². The van der Waals surface area contributed by atoms with Gasteiger partial charge in [0.25, 0.3) is 0 Å². The van der Waals surface area contributed by atoms with E-state index >= 15 is 0 Å². The molecule has 0 unspecified atom stereocenters. The summed E-state index contributed by atoms with van der Waals surface area (Å²) in [6.45, 7) is 2.00. The Morgan fingerprint density at radius 2 is 2.00 bits per heavy atom. The fourth-order valence-electron chi connectivity index (χ4n) is 0.318. The molecule has 0 heterocycles. The molecule has 0 fully saturated rings. The Hall–Kier alpha value is -0.160. The third-order valence-corrected chi connectivity index (χ3v) is 0.739. The summed E-state index contributed by atoms with van der Waals surface area (Å²) in [5, 5.41) is 25.8. The van der Waals surface area contributed by atoms with Crippen LogP contribution in [0.2, 0.25) is 0 Å². The number of aliphatic hydroxyl groups is 2. The average molecular weight is 121 g/mol. The molecule has 50 valence electrons. The second-order valence-corrected chi connectivity index (χ2v) is 1.49. The van der Waals surface area contributed by atoms with Crippen LogP contribution in [-0.2, 0) is 0 Å². The Morgan fingerprint density at radius 3 is 2.12 bits per heavy atom. The zero-order valence-electron chi connectivity index (χ0n) is 4.78. The Balaban J connectivity index is 3.10. The summed E-state index contributed by atoms with van der Waals surface area (Å²) < 4.78 is 0.